The largest absolute Gasteiger partial charge is 0.480 e. The maximum absolute atomic E-state index is 12.0. The Morgan fingerprint density at radius 3 is 2.52 bits per heavy atom. The van der Waals surface area contributed by atoms with Gasteiger partial charge in [0.25, 0.3) is 0 Å². The van der Waals surface area contributed by atoms with E-state index in [1.807, 2.05) is 19.0 Å². The molecule has 2 atom stereocenters. The molecule has 0 aliphatic rings. The zero-order valence-electron chi connectivity index (χ0n) is 14.9. The standard InChI is InChI=1S/C15H24BrN3O5S/c1-15(2,3)24-14(22)18-10(13(20)21)11(23-7-6-19(4)5)12-17-9(16)8-25-12/h8,10-11H,6-7H2,1-5H3,(H,18,22)(H,20,21)/t10-,11-/m0/s1. The molecular formula is C15H24BrN3O5S. The first kappa shape index (κ1) is 21.8. The molecule has 0 spiro atoms. The average molecular weight is 438 g/mol. The van der Waals surface area contributed by atoms with Gasteiger partial charge in [0.2, 0.25) is 0 Å². The summed E-state index contributed by atoms with van der Waals surface area (Å²) in [5.41, 5.74) is -0.737. The number of amides is 1. The third-order valence-electron chi connectivity index (χ3n) is 2.81. The molecule has 25 heavy (non-hydrogen) atoms. The molecular weight excluding hydrogens is 414 g/mol. The molecule has 0 aromatic carbocycles. The van der Waals surface area contributed by atoms with Crippen molar-refractivity contribution in [2.75, 3.05) is 27.2 Å². The van der Waals surface area contributed by atoms with Gasteiger partial charge in [-0.3, -0.25) is 0 Å². The van der Waals surface area contributed by atoms with Crippen molar-refractivity contribution in [3.8, 4) is 0 Å². The Bertz CT molecular complexity index is 588. The zero-order valence-corrected chi connectivity index (χ0v) is 17.3. The fourth-order valence-corrected chi connectivity index (χ4v) is 3.12. The molecule has 1 aromatic rings. The summed E-state index contributed by atoms with van der Waals surface area (Å²) in [6, 6.07) is -1.32. The van der Waals surface area contributed by atoms with Crippen LogP contribution in [0.25, 0.3) is 0 Å². The van der Waals surface area contributed by atoms with Crippen molar-refractivity contribution in [2.24, 2.45) is 0 Å². The highest BCUT2D eigenvalue weighted by Crippen LogP contribution is 2.27. The second-order valence-corrected chi connectivity index (χ2v) is 8.27. The number of aromatic nitrogens is 1. The maximum Gasteiger partial charge on any atom is 0.408 e. The van der Waals surface area contributed by atoms with E-state index in [4.69, 9.17) is 9.47 Å². The molecule has 0 aliphatic heterocycles. The number of nitrogens with zero attached hydrogens (tertiary/aromatic N) is 2. The van der Waals surface area contributed by atoms with Gasteiger partial charge in [-0.15, -0.1) is 11.3 Å². The smallest absolute Gasteiger partial charge is 0.408 e. The van der Waals surface area contributed by atoms with Crippen LogP contribution in [0.2, 0.25) is 0 Å². The monoisotopic (exact) mass is 437 g/mol. The number of halogens is 1. The summed E-state index contributed by atoms with van der Waals surface area (Å²) in [5.74, 6) is -1.23. The number of ether oxygens (including phenoxy) is 2. The van der Waals surface area contributed by atoms with E-state index in [-0.39, 0.29) is 6.61 Å². The van der Waals surface area contributed by atoms with Gasteiger partial charge < -0.3 is 24.8 Å². The Balaban J connectivity index is 2.96. The second-order valence-electron chi connectivity index (χ2n) is 6.57. The van der Waals surface area contributed by atoms with Crippen LogP contribution in [0.1, 0.15) is 31.9 Å². The quantitative estimate of drug-likeness (QED) is 0.643. The second kappa shape index (κ2) is 9.46. The molecule has 8 nitrogen and oxygen atoms in total. The number of alkyl carbamates (subject to hydrolysis) is 1. The third kappa shape index (κ3) is 8.13. The Morgan fingerprint density at radius 1 is 1.44 bits per heavy atom. The van der Waals surface area contributed by atoms with Crippen LogP contribution >= 0.6 is 27.3 Å². The molecule has 0 saturated heterocycles. The van der Waals surface area contributed by atoms with E-state index in [1.54, 1.807) is 26.2 Å². The number of likely N-dealkylation sites (N-methyl/N-ethyl adjacent to an activating group) is 1. The van der Waals surface area contributed by atoms with E-state index in [0.717, 1.165) is 0 Å². The molecule has 0 saturated carbocycles. The average Bonchev–Trinajstić information content (AvgIpc) is 2.85. The van der Waals surface area contributed by atoms with Gasteiger partial charge in [0.15, 0.2) is 6.04 Å². The van der Waals surface area contributed by atoms with Gasteiger partial charge in [0.1, 0.15) is 21.3 Å². The molecule has 0 unspecified atom stereocenters. The van der Waals surface area contributed by atoms with Crippen LogP contribution in [0.3, 0.4) is 0 Å². The van der Waals surface area contributed by atoms with Crippen LogP contribution in [0.5, 0.6) is 0 Å². The van der Waals surface area contributed by atoms with Crippen molar-refractivity contribution in [1.82, 2.24) is 15.2 Å². The number of carboxylic acids is 1. The number of aliphatic carboxylic acids is 1. The van der Waals surface area contributed by atoms with Crippen LogP contribution in [-0.4, -0.2) is 65.9 Å². The molecule has 1 rings (SSSR count). The summed E-state index contributed by atoms with van der Waals surface area (Å²) in [6.45, 7) is 5.98. The number of carbonyl (C=O) groups excluding carboxylic acids is 1. The van der Waals surface area contributed by atoms with E-state index in [2.05, 4.69) is 26.2 Å². The predicted molar refractivity (Wildman–Crippen MR) is 97.9 cm³/mol. The highest BCUT2D eigenvalue weighted by Gasteiger charge is 2.35. The molecule has 0 bridgehead atoms. The lowest BCUT2D eigenvalue weighted by Crippen LogP contribution is -2.47. The number of rotatable bonds is 8. The van der Waals surface area contributed by atoms with Crippen molar-refractivity contribution < 1.29 is 24.2 Å². The topological polar surface area (TPSA) is 101 Å². The maximum atomic E-state index is 12.0. The lowest BCUT2D eigenvalue weighted by Gasteiger charge is -2.26. The zero-order chi connectivity index (χ0) is 19.2. The number of nitrogens with one attached hydrogen (secondary N) is 1. The van der Waals surface area contributed by atoms with E-state index >= 15 is 0 Å². The van der Waals surface area contributed by atoms with Gasteiger partial charge in [-0.2, -0.15) is 0 Å². The van der Waals surface area contributed by atoms with Crippen LogP contribution in [0.4, 0.5) is 4.79 Å². The van der Waals surface area contributed by atoms with Crippen molar-refractivity contribution in [1.29, 1.82) is 0 Å². The molecule has 1 heterocycles. The van der Waals surface area contributed by atoms with Crippen molar-refractivity contribution in [2.45, 2.75) is 38.5 Å². The van der Waals surface area contributed by atoms with Crippen LogP contribution in [0, 0.1) is 0 Å². The highest BCUT2D eigenvalue weighted by atomic mass is 79.9. The van der Waals surface area contributed by atoms with E-state index in [1.165, 1.54) is 11.3 Å². The minimum Gasteiger partial charge on any atom is -0.480 e. The minimum absolute atomic E-state index is 0.286. The molecule has 0 radical (unpaired) electrons. The Kier molecular flexibility index (Phi) is 8.26. The van der Waals surface area contributed by atoms with Crippen molar-refractivity contribution in [3.63, 3.8) is 0 Å². The van der Waals surface area contributed by atoms with Crippen LogP contribution in [0.15, 0.2) is 9.98 Å². The van der Waals surface area contributed by atoms with Gasteiger partial charge in [0.05, 0.1) is 6.61 Å². The van der Waals surface area contributed by atoms with E-state index in [9.17, 15) is 14.7 Å². The summed E-state index contributed by atoms with van der Waals surface area (Å²) < 4.78 is 11.5. The number of carbonyl (C=O) groups is 2. The van der Waals surface area contributed by atoms with Gasteiger partial charge in [0, 0.05) is 11.9 Å². The van der Waals surface area contributed by atoms with Crippen molar-refractivity contribution in [3.05, 3.63) is 15.0 Å². The fourth-order valence-electron chi connectivity index (χ4n) is 1.77. The van der Waals surface area contributed by atoms with Crippen LogP contribution < -0.4 is 5.32 Å². The molecule has 1 aromatic heterocycles. The van der Waals surface area contributed by atoms with E-state index < -0.39 is 29.8 Å². The molecule has 0 aliphatic carbocycles. The molecule has 1 amide bonds. The number of carboxylic acid groups (broad SMARTS) is 1. The number of hydrogen-bond donors (Lipinski definition) is 2. The normalized spacial score (nSPS) is 14.2. The third-order valence-corrected chi connectivity index (χ3v) is 4.43. The summed E-state index contributed by atoms with van der Waals surface area (Å²) >= 11 is 4.50. The van der Waals surface area contributed by atoms with Crippen LogP contribution in [-0.2, 0) is 14.3 Å². The molecule has 10 heteroatoms. The first-order chi connectivity index (χ1) is 11.5. The van der Waals surface area contributed by atoms with Gasteiger partial charge >= 0.3 is 12.1 Å². The van der Waals surface area contributed by atoms with Crippen molar-refractivity contribution >= 4 is 39.3 Å². The molecule has 142 valence electrons. The Labute approximate surface area is 159 Å². The summed E-state index contributed by atoms with van der Waals surface area (Å²) in [5, 5.41) is 14.1. The Morgan fingerprint density at radius 2 is 2.08 bits per heavy atom. The van der Waals surface area contributed by atoms with Gasteiger partial charge in [-0.25, -0.2) is 14.6 Å². The first-order valence-corrected chi connectivity index (χ1v) is 9.26. The highest BCUT2D eigenvalue weighted by molar-refractivity contribution is 9.10. The first-order valence-electron chi connectivity index (χ1n) is 7.59. The molecule has 0 fully saturated rings. The molecule has 2 N–H and O–H groups in total. The summed E-state index contributed by atoms with van der Waals surface area (Å²) in [6.07, 6.45) is -1.75. The minimum atomic E-state index is -1.32. The van der Waals surface area contributed by atoms with Gasteiger partial charge in [-0.1, -0.05) is 0 Å². The lowest BCUT2D eigenvalue weighted by molar-refractivity contribution is -0.144. The van der Waals surface area contributed by atoms with Gasteiger partial charge in [-0.05, 0) is 50.8 Å². The fraction of sp³-hybridized carbons (Fsp3) is 0.667. The lowest BCUT2D eigenvalue weighted by atomic mass is 10.1. The number of hydrogen-bond acceptors (Lipinski definition) is 7. The summed E-state index contributed by atoms with van der Waals surface area (Å²) in [4.78, 5) is 29.9. The Hall–Kier alpha value is -1.23. The predicted octanol–water partition coefficient (Wildman–Crippen LogP) is 2.50. The SMILES string of the molecule is CN(C)CCO[C@H](c1nc(Br)cs1)[C@H](NC(=O)OC(C)(C)C)C(=O)O. The number of thiazole rings is 1. The summed E-state index contributed by atoms with van der Waals surface area (Å²) in [7, 11) is 3.76. The van der Waals surface area contributed by atoms with E-state index in [0.29, 0.717) is 16.2 Å².